The normalized spacial score (nSPS) is 23.2. The van der Waals surface area contributed by atoms with Crippen molar-refractivity contribution in [1.82, 2.24) is 4.90 Å². The molecule has 0 radical (unpaired) electrons. The van der Waals surface area contributed by atoms with Crippen molar-refractivity contribution in [2.24, 2.45) is 5.92 Å². The highest BCUT2D eigenvalue weighted by molar-refractivity contribution is 7.99. The van der Waals surface area contributed by atoms with Crippen LogP contribution in [-0.4, -0.2) is 23.1 Å². The fraction of sp³-hybridized carbons (Fsp3) is 0.562. The highest BCUT2D eigenvalue weighted by atomic mass is 32.2. The summed E-state index contributed by atoms with van der Waals surface area (Å²) < 4.78 is 38.6. The van der Waals surface area contributed by atoms with E-state index in [0.29, 0.717) is 12.1 Å². The topological polar surface area (TPSA) is 20.3 Å². The average Bonchev–Trinajstić information content (AvgIpc) is 3.17. The Morgan fingerprint density at radius 3 is 2.64 bits per heavy atom. The first-order chi connectivity index (χ1) is 10.5. The smallest absolute Gasteiger partial charge is 0.325 e. The number of carbonyl (C=O) groups is 1. The first-order valence-electron chi connectivity index (χ1n) is 7.56. The van der Waals surface area contributed by atoms with Crippen LogP contribution in [0.1, 0.15) is 42.2 Å². The second-order valence-electron chi connectivity index (χ2n) is 5.86. The van der Waals surface area contributed by atoms with Crippen molar-refractivity contribution in [3.63, 3.8) is 0 Å². The van der Waals surface area contributed by atoms with Gasteiger partial charge in [-0.05, 0) is 30.5 Å². The van der Waals surface area contributed by atoms with Crippen molar-refractivity contribution in [3.05, 3.63) is 35.4 Å². The maximum absolute atomic E-state index is 12.9. The molecule has 120 valence electrons. The summed E-state index contributed by atoms with van der Waals surface area (Å²) in [7, 11) is 0. The maximum Gasteiger partial charge on any atom is 0.416 e. The van der Waals surface area contributed by atoms with Gasteiger partial charge in [0.25, 0.3) is 0 Å². The second kappa shape index (κ2) is 6.14. The Kier molecular flexibility index (Phi) is 4.39. The summed E-state index contributed by atoms with van der Waals surface area (Å²) in [4.78, 5) is 14.4. The second-order valence-corrected chi connectivity index (χ2v) is 7.05. The van der Waals surface area contributed by atoms with Gasteiger partial charge >= 0.3 is 6.18 Å². The van der Waals surface area contributed by atoms with Gasteiger partial charge in [0.1, 0.15) is 5.37 Å². The number of alkyl halides is 3. The van der Waals surface area contributed by atoms with Gasteiger partial charge in [0, 0.05) is 18.2 Å². The van der Waals surface area contributed by atoms with Crippen molar-refractivity contribution >= 4 is 17.7 Å². The number of rotatable bonds is 2. The lowest BCUT2D eigenvalue weighted by Gasteiger charge is -2.27. The van der Waals surface area contributed by atoms with Gasteiger partial charge in [0.05, 0.1) is 5.56 Å². The first-order valence-corrected chi connectivity index (χ1v) is 8.61. The summed E-state index contributed by atoms with van der Waals surface area (Å²) in [6.45, 7) is 0.626. The van der Waals surface area contributed by atoms with E-state index in [1.165, 1.54) is 12.1 Å². The summed E-state index contributed by atoms with van der Waals surface area (Å²) in [6.07, 6.45) is -0.374. The van der Waals surface area contributed by atoms with Crippen molar-refractivity contribution in [3.8, 4) is 0 Å². The molecule has 22 heavy (non-hydrogen) atoms. The minimum atomic E-state index is -4.35. The average molecular weight is 329 g/mol. The quantitative estimate of drug-likeness (QED) is 0.798. The van der Waals surface area contributed by atoms with E-state index in [2.05, 4.69) is 0 Å². The van der Waals surface area contributed by atoms with Gasteiger partial charge < -0.3 is 4.90 Å². The molecule has 3 rings (SSSR count). The van der Waals surface area contributed by atoms with E-state index in [9.17, 15) is 18.0 Å². The number of carbonyl (C=O) groups excluding carboxylic acids is 1. The van der Waals surface area contributed by atoms with E-state index in [1.54, 1.807) is 22.7 Å². The Labute approximate surface area is 132 Å². The molecule has 1 aromatic carbocycles. The van der Waals surface area contributed by atoms with E-state index in [0.717, 1.165) is 37.5 Å². The number of benzene rings is 1. The fourth-order valence-electron chi connectivity index (χ4n) is 3.25. The largest absolute Gasteiger partial charge is 0.416 e. The molecule has 1 saturated heterocycles. The van der Waals surface area contributed by atoms with Gasteiger partial charge in [-0.25, -0.2) is 0 Å². The Bertz CT molecular complexity index is 555. The molecule has 0 aromatic heterocycles. The fourth-order valence-corrected chi connectivity index (χ4v) is 4.50. The van der Waals surface area contributed by atoms with Gasteiger partial charge in [0.15, 0.2) is 0 Å². The molecule has 0 spiro atoms. The molecule has 1 aliphatic heterocycles. The number of thioether (sulfide) groups is 1. The molecule has 1 saturated carbocycles. The lowest BCUT2D eigenvalue weighted by molar-refractivity contribution is -0.137. The van der Waals surface area contributed by atoms with Crippen LogP contribution in [0.3, 0.4) is 0 Å². The summed E-state index contributed by atoms with van der Waals surface area (Å²) in [5.41, 5.74) is -0.0746. The molecule has 0 bridgehead atoms. The van der Waals surface area contributed by atoms with Gasteiger partial charge in [-0.3, -0.25) is 4.79 Å². The van der Waals surface area contributed by atoms with Crippen molar-refractivity contribution in [2.75, 3.05) is 12.3 Å². The van der Waals surface area contributed by atoms with Gasteiger partial charge in [0.2, 0.25) is 5.91 Å². The molecule has 2 fully saturated rings. The van der Waals surface area contributed by atoms with Crippen molar-refractivity contribution in [1.29, 1.82) is 0 Å². The minimum absolute atomic E-state index is 0.0620. The summed E-state index contributed by atoms with van der Waals surface area (Å²) in [5.74, 6) is 0.955. The zero-order valence-electron chi connectivity index (χ0n) is 12.1. The van der Waals surface area contributed by atoms with E-state index in [4.69, 9.17) is 0 Å². The zero-order chi connectivity index (χ0) is 15.7. The van der Waals surface area contributed by atoms with Crippen LogP contribution >= 0.6 is 11.8 Å². The highest BCUT2D eigenvalue weighted by Gasteiger charge is 2.37. The molecule has 1 aromatic rings. The number of amides is 1. The van der Waals surface area contributed by atoms with Crippen LogP contribution in [0, 0.1) is 5.92 Å². The molecule has 2 nitrogen and oxygen atoms in total. The zero-order valence-corrected chi connectivity index (χ0v) is 12.9. The summed E-state index contributed by atoms with van der Waals surface area (Å²) in [6, 6.07) is 5.37. The number of halogens is 3. The van der Waals surface area contributed by atoms with Gasteiger partial charge in [-0.2, -0.15) is 13.2 Å². The monoisotopic (exact) mass is 329 g/mol. The maximum atomic E-state index is 12.9. The lowest BCUT2D eigenvalue weighted by atomic mass is 10.1. The highest BCUT2D eigenvalue weighted by Crippen LogP contribution is 2.42. The third kappa shape index (κ3) is 3.12. The predicted octanol–water partition coefficient (Wildman–Crippen LogP) is 4.47. The molecule has 1 amide bonds. The lowest BCUT2D eigenvalue weighted by Crippen LogP contribution is -2.34. The third-order valence-corrected chi connectivity index (χ3v) is 5.64. The van der Waals surface area contributed by atoms with Crippen LogP contribution in [0.2, 0.25) is 0 Å². The van der Waals surface area contributed by atoms with E-state index in [1.807, 2.05) is 0 Å². The minimum Gasteiger partial charge on any atom is -0.325 e. The Morgan fingerprint density at radius 1 is 1.23 bits per heavy atom. The molecule has 6 heteroatoms. The molecule has 2 aliphatic rings. The van der Waals surface area contributed by atoms with Crippen LogP contribution < -0.4 is 0 Å². The van der Waals surface area contributed by atoms with Crippen molar-refractivity contribution in [2.45, 2.75) is 37.2 Å². The molecule has 0 N–H and O–H groups in total. The van der Waals surface area contributed by atoms with Crippen LogP contribution in [0.15, 0.2) is 24.3 Å². The molecule has 0 unspecified atom stereocenters. The Hall–Kier alpha value is -1.17. The van der Waals surface area contributed by atoms with Crippen LogP contribution in [0.4, 0.5) is 13.2 Å². The molecule has 1 heterocycles. The van der Waals surface area contributed by atoms with Crippen molar-refractivity contribution < 1.29 is 18.0 Å². The van der Waals surface area contributed by atoms with Crippen LogP contribution in [-0.2, 0) is 11.0 Å². The molecular weight excluding hydrogens is 311 g/mol. The first kappa shape index (κ1) is 15.7. The van der Waals surface area contributed by atoms with Gasteiger partial charge in [-0.15, -0.1) is 11.8 Å². The van der Waals surface area contributed by atoms with E-state index in [-0.39, 0.29) is 17.2 Å². The van der Waals surface area contributed by atoms with Crippen LogP contribution in [0.25, 0.3) is 0 Å². The third-order valence-electron chi connectivity index (χ3n) is 4.38. The summed E-state index contributed by atoms with van der Waals surface area (Å²) in [5, 5.41) is -0.282. The number of hydrogen-bond donors (Lipinski definition) is 0. The molecule has 1 aliphatic carbocycles. The standard InChI is InChI=1S/C16H18F3NOS/c17-16(18,19)13-7-3-6-12(10-13)15-20(8-9-22-15)14(21)11-4-1-2-5-11/h3,6-7,10-11,15H,1-2,4-5,8-9H2/t15-/m0/s1. The SMILES string of the molecule is O=C(C1CCCC1)N1CCS[C@H]1c1cccc(C(F)(F)F)c1. The van der Waals surface area contributed by atoms with E-state index >= 15 is 0 Å². The Morgan fingerprint density at radius 2 is 1.95 bits per heavy atom. The van der Waals surface area contributed by atoms with Crippen LogP contribution in [0.5, 0.6) is 0 Å². The summed E-state index contributed by atoms with van der Waals surface area (Å²) >= 11 is 1.55. The number of hydrogen-bond acceptors (Lipinski definition) is 2. The van der Waals surface area contributed by atoms with E-state index < -0.39 is 11.7 Å². The molecule has 1 atom stereocenters. The Balaban J connectivity index is 1.82. The predicted molar refractivity (Wildman–Crippen MR) is 80.3 cm³/mol. The van der Waals surface area contributed by atoms with Gasteiger partial charge in [-0.1, -0.05) is 25.0 Å². The number of nitrogens with zero attached hydrogens (tertiary/aromatic N) is 1. The molecular formula is C16H18F3NOS.